The molecule has 0 aromatic heterocycles. The fraction of sp³-hybridized carbons (Fsp3) is 0.381. The van der Waals surface area contributed by atoms with Crippen molar-refractivity contribution >= 4 is 6.03 Å². The molecule has 1 fully saturated rings. The van der Waals surface area contributed by atoms with Crippen LogP contribution >= 0.6 is 0 Å². The lowest BCUT2D eigenvalue weighted by Gasteiger charge is -2.25. The summed E-state index contributed by atoms with van der Waals surface area (Å²) < 4.78 is 18.3. The monoisotopic (exact) mass is 356 g/mol. The molecule has 26 heavy (non-hydrogen) atoms. The number of hydrogen-bond donors (Lipinski definition) is 1. The Morgan fingerprint density at radius 1 is 1.15 bits per heavy atom. The van der Waals surface area contributed by atoms with Gasteiger partial charge < -0.3 is 15.0 Å². The van der Waals surface area contributed by atoms with E-state index in [1.165, 1.54) is 12.1 Å². The Morgan fingerprint density at radius 2 is 1.85 bits per heavy atom. The van der Waals surface area contributed by atoms with E-state index in [1.807, 2.05) is 42.5 Å². The zero-order valence-electron chi connectivity index (χ0n) is 15.1. The number of amides is 2. The molecule has 3 rings (SSSR count). The Kier molecular flexibility index (Phi) is 5.89. The van der Waals surface area contributed by atoms with E-state index in [1.54, 1.807) is 12.0 Å². The molecule has 1 N–H and O–H groups in total. The number of nitrogens with zero attached hydrogens (tertiary/aromatic N) is 1. The van der Waals surface area contributed by atoms with Crippen LogP contribution in [0.25, 0.3) is 0 Å². The molecule has 1 aliphatic rings. The summed E-state index contributed by atoms with van der Waals surface area (Å²) in [5.41, 5.74) is 2.12. The summed E-state index contributed by atoms with van der Waals surface area (Å²) >= 11 is 0. The van der Waals surface area contributed by atoms with Crippen molar-refractivity contribution in [2.75, 3.05) is 26.8 Å². The normalized spacial score (nSPS) is 14.7. The summed E-state index contributed by atoms with van der Waals surface area (Å²) in [6, 6.07) is 16.4. The number of rotatable bonds is 8. The topological polar surface area (TPSA) is 41.6 Å². The highest BCUT2D eigenvalue weighted by atomic mass is 19.1. The van der Waals surface area contributed by atoms with Gasteiger partial charge in [0.15, 0.2) is 0 Å². The molecule has 4 nitrogen and oxygen atoms in total. The highest BCUT2D eigenvalue weighted by Crippen LogP contribution is 2.47. The zero-order chi connectivity index (χ0) is 18.4. The molecule has 0 spiro atoms. The van der Waals surface area contributed by atoms with Crippen LogP contribution in [0.2, 0.25) is 0 Å². The van der Waals surface area contributed by atoms with Crippen molar-refractivity contribution < 1.29 is 13.9 Å². The molecule has 0 atom stereocenters. The van der Waals surface area contributed by atoms with Gasteiger partial charge in [-0.3, -0.25) is 0 Å². The maximum absolute atomic E-state index is 13.2. The van der Waals surface area contributed by atoms with Crippen LogP contribution in [0.3, 0.4) is 0 Å². The summed E-state index contributed by atoms with van der Waals surface area (Å²) in [6.07, 6.45) is 2.02. The average molecular weight is 356 g/mol. The predicted molar refractivity (Wildman–Crippen MR) is 99.4 cm³/mol. The largest absolute Gasteiger partial charge is 0.383 e. The molecular formula is C21H25FN2O2. The first-order valence-corrected chi connectivity index (χ1v) is 8.95. The number of urea groups is 1. The van der Waals surface area contributed by atoms with E-state index < -0.39 is 0 Å². The van der Waals surface area contributed by atoms with E-state index in [9.17, 15) is 9.18 Å². The molecule has 2 amide bonds. The third-order valence-electron chi connectivity index (χ3n) is 4.96. The zero-order valence-corrected chi connectivity index (χ0v) is 15.1. The Bertz CT molecular complexity index is 715. The minimum Gasteiger partial charge on any atom is -0.383 e. The summed E-state index contributed by atoms with van der Waals surface area (Å²) in [6.45, 7) is 2.12. The molecular weight excluding hydrogens is 331 g/mol. The number of halogens is 1. The number of methoxy groups -OCH3 is 1. The molecule has 0 aliphatic heterocycles. The molecule has 2 aromatic rings. The van der Waals surface area contributed by atoms with Crippen molar-refractivity contribution in [3.63, 3.8) is 0 Å². The van der Waals surface area contributed by atoms with Crippen molar-refractivity contribution in [1.29, 1.82) is 0 Å². The molecule has 0 heterocycles. The second-order valence-electron chi connectivity index (χ2n) is 6.85. The van der Waals surface area contributed by atoms with Gasteiger partial charge in [0.1, 0.15) is 5.82 Å². The van der Waals surface area contributed by atoms with E-state index in [0.29, 0.717) is 26.2 Å². The fourth-order valence-corrected chi connectivity index (χ4v) is 3.14. The van der Waals surface area contributed by atoms with Crippen molar-refractivity contribution in [3.05, 3.63) is 71.5 Å². The molecule has 5 heteroatoms. The highest BCUT2D eigenvalue weighted by Gasteiger charge is 2.44. The van der Waals surface area contributed by atoms with Crippen molar-refractivity contribution in [3.8, 4) is 0 Å². The molecule has 0 bridgehead atoms. The molecule has 1 saturated carbocycles. The van der Waals surface area contributed by atoms with Gasteiger partial charge in [0.05, 0.1) is 6.61 Å². The standard InChI is InChI=1S/C21H25FN2O2/c1-26-14-13-24(15-17-5-3-2-4-6-17)20(25)23-16-21(11-12-21)18-7-9-19(22)10-8-18/h2-10H,11-16H2,1H3,(H,23,25). The van der Waals surface area contributed by atoms with Crippen LogP contribution < -0.4 is 5.32 Å². The van der Waals surface area contributed by atoms with Gasteiger partial charge in [-0.1, -0.05) is 42.5 Å². The van der Waals surface area contributed by atoms with Gasteiger partial charge in [0.25, 0.3) is 0 Å². The second-order valence-corrected chi connectivity index (χ2v) is 6.85. The Morgan fingerprint density at radius 3 is 2.46 bits per heavy atom. The quantitative estimate of drug-likeness (QED) is 0.783. The SMILES string of the molecule is COCCN(Cc1ccccc1)C(=O)NCC1(c2ccc(F)cc2)CC1. The van der Waals surface area contributed by atoms with Crippen LogP contribution in [0, 0.1) is 5.82 Å². The lowest BCUT2D eigenvalue weighted by Crippen LogP contribution is -2.43. The van der Waals surface area contributed by atoms with E-state index >= 15 is 0 Å². The number of carbonyl (C=O) groups is 1. The van der Waals surface area contributed by atoms with Crippen molar-refractivity contribution in [2.45, 2.75) is 24.8 Å². The molecule has 0 unspecified atom stereocenters. The van der Waals surface area contributed by atoms with Gasteiger partial charge in [0.2, 0.25) is 0 Å². The maximum Gasteiger partial charge on any atom is 0.317 e. The number of benzene rings is 2. The van der Waals surface area contributed by atoms with Crippen LogP contribution in [0.1, 0.15) is 24.0 Å². The first-order chi connectivity index (χ1) is 12.6. The van der Waals surface area contributed by atoms with Crippen molar-refractivity contribution in [2.24, 2.45) is 0 Å². The van der Waals surface area contributed by atoms with Gasteiger partial charge in [-0.25, -0.2) is 9.18 Å². The van der Waals surface area contributed by atoms with Gasteiger partial charge in [-0.15, -0.1) is 0 Å². The molecule has 138 valence electrons. The Hall–Kier alpha value is -2.40. The third kappa shape index (κ3) is 4.61. The average Bonchev–Trinajstić information content (AvgIpc) is 3.45. The van der Waals surface area contributed by atoms with Crippen LogP contribution in [0.5, 0.6) is 0 Å². The summed E-state index contributed by atoms with van der Waals surface area (Å²) in [7, 11) is 1.63. The molecule has 0 saturated heterocycles. The summed E-state index contributed by atoms with van der Waals surface area (Å²) in [4.78, 5) is 14.5. The summed E-state index contributed by atoms with van der Waals surface area (Å²) in [5.74, 6) is -0.234. The van der Waals surface area contributed by atoms with Crippen LogP contribution in [0.15, 0.2) is 54.6 Å². The number of hydrogen-bond acceptors (Lipinski definition) is 2. The van der Waals surface area contributed by atoms with Crippen molar-refractivity contribution in [1.82, 2.24) is 10.2 Å². The Balaban J connectivity index is 1.61. The van der Waals surface area contributed by atoms with Gasteiger partial charge in [0, 0.05) is 32.2 Å². The molecule has 2 aromatic carbocycles. The predicted octanol–water partition coefficient (Wildman–Crippen LogP) is 3.72. The fourth-order valence-electron chi connectivity index (χ4n) is 3.14. The van der Waals surface area contributed by atoms with Gasteiger partial charge in [-0.05, 0) is 36.1 Å². The van der Waals surface area contributed by atoms with E-state index in [-0.39, 0.29) is 17.3 Å². The first kappa shape index (κ1) is 18.4. The third-order valence-corrected chi connectivity index (χ3v) is 4.96. The molecule has 0 radical (unpaired) electrons. The maximum atomic E-state index is 13.2. The minimum absolute atomic E-state index is 0.0525. The summed E-state index contributed by atoms with van der Waals surface area (Å²) in [5, 5.41) is 3.07. The van der Waals surface area contributed by atoms with Gasteiger partial charge >= 0.3 is 6.03 Å². The van der Waals surface area contributed by atoms with E-state index in [0.717, 1.165) is 24.0 Å². The smallest absolute Gasteiger partial charge is 0.317 e. The van der Waals surface area contributed by atoms with Crippen LogP contribution in [-0.2, 0) is 16.7 Å². The lowest BCUT2D eigenvalue weighted by molar-refractivity contribution is 0.146. The van der Waals surface area contributed by atoms with E-state index in [2.05, 4.69) is 5.32 Å². The number of ether oxygens (including phenoxy) is 1. The number of carbonyl (C=O) groups excluding carboxylic acids is 1. The van der Waals surface area contributed by atoms with Crippen LogP contribution in [-0.4, -0.2) is 37.7 Å². The second kappa shape index (κ2) is 8.32. The first-order valence-electron chi connectivity index (χ1n) is 8.95. The highest BCUT2D eigenvalue weighted by molar-refractivity contribution is 5.74. The van der Waals surface area contributed by atoms with Gasteiger partial charge in [-0.2, -0.15) is 0 Å². The van der Waals surface area contributed by atoms with Crippen LogP contribution in [0.4, 0.5) is 9.18 Å². The molecule has 1 aliphatic carbocycles. The minimum atomic E-state index is -0.234. The number of nitrogens with one attached hydrogen (secondary N) is 1. The Labute approximate surface area is 154 Å². The van der Waals surface area contributed by atoms with E-state index in [4.69, 9.17) is 4.74 Å². The lowest BCUT2D eigenvalue weighted by atomic mass is 9.96.